The first-order valence-electron chi connectivity index (χ1n) is 11.2. The molecule has 0 spiro atoms. The van der Waals surface area contributed by atoms with Crippen molar-refractivity contribution >= 4 is 16.8 Å². The van der Waals surface area contributed by atoms with E-state index < -0.39 is 0 Å². The number of carbonyl (C=O) groups is 1. The third kappa shape index (κ3) is 2.94. The zero-order valence-corrected chi connectivity index (χ0v) is 18.3. The molecule has 166 valence electrons. The molecule has 0 radical (unpaired) electrons. The summed E-state index contributed by atoms with van der Waals surface area (Å²) in [7, 11) is 0. The number of benzene rings is 3. The molecule has 2 heterocycles. The van der Waals surface area contributed by atoms with Gasteiger partial charge in [-0.05, 0) is 78.4 Å². The second kappa shape index (κ2) is 7.25. The van der Waals surface area contributed by atoms with Crippen LogP contribution in [0.4, 0.5) is 4.39 Å². The third-order valence-corrected chi connectivity index (χ3v) is 7.56. The number of piperidine rings is 1. The third-order valence-electron chi connectivity index (χ3n) is 7.56. The summed E-state index contributed by atoms with van der Waals surface area (Å²) < 4.78 is 15.2. The van der Waals surface area contributed by atoms with E-state index in [9.17, 15) is 14.3 Å². The highest BCUT2D eigenvalue weighted by molar-refractivity contribution is 5.95. The fraction of sp³-hybridized carbons (Fsp3) is 0.259. The van der Waals surface area contributed by atoms with E-state index in [2.05, 4.69) is 24.2 Å². The molecule has 1 aromatic heterocycles. The maximum Gasteiger partial charge on any atom is 0.253 e. The molecule has 3 aromatic carbocycles. The Morgan fingerprint density at radius 2 is 1.91 bits per heavy atom. The number of halogens is 1. The number of carbonyl (C=O) groups excluding carboxylic acids is 1. The molecule has 2 fully saturated rings. The Labute approximate surface area is 191 Å². The van der Waals surface area contributed by atoms with Gasteiger partial charge in [0.2, 0.25) is 0 Å². The van der Waals surface area contributed by atoms with Crippen molar-refractivity contribution in [2.24, 2.45) is 11.8 Å². The molecule has 33 heavy (non-hydrogen) atoms. The molecule has 4 aromatic rings. The van der Waals surface area contributed by atoms with E-state index in [1.165, 1.54) is 17.7 Å². The lowest BCUT2D eigenvalue weighted by molar-refractivity contribution is 0.0754. The monoisotopic (exact) mass is 441 g/mol. The van der Waals surface area contributed by atoms with E-state index in [-0.39, 0.29) is 35.6 Å². The van der Waals surface area contributed by atoms with E-state index in [0.717, 1.165) is 22.2 Å². The topological polar surface area (TPSA) is 58.4 Å². The van der Waals surface area contributed by atoms with Crippen LogP contribution in [0.15, 0.2) is 72.9 Å². The van der Waals surface area contributed by atoms with Gasteiger partial charge in [-0.1, -0.05) is 18.2 Å². The van der Waals surface area contributed by atoms with Gasteiger partial charge in [0.1, 0.15) is 5.82 Å². The first kappa shape index (κ1) is 20.1. The lowest BCUT2D eigenvalue weighted by atomic mass is 9.88. The number of aliphatic hydroxyl groups excluding tert-OH is 1. The number of hydrogen-bond donors (Lipinski definition) is 1. The molecule has 2 aliphatic rings. The Hall–Kier alpha value is -3.51. The number of nitrogens with zero attached hydrogens (tertiary/aromatic N) is 3. The molecule has 1 aliphatic heterocycles. The predicted molar refractivity (Wildman–Crippen MR) is 124 cm³/mol. The molecule has 1 aliphatic carbocycles. The van der Waals surface area contributed by atoms with Gasteiger partial charge in [0.25, 0.3) is 5.91 Å². The van der Waals surface area contributed by atoms with Gasteiger partial charge in [-0.2, -0.15) is 5.10 Å². The van der Waals surface area contributed by atoms with E-state index in [1.807, 2.05) is 46.1 Å². The van der Waals surface area contributed by atoms with E-state index in [0.29, 0.717) is 18.7 Å². The van der Waals surface area contributed by atoms with Crippen LogP contribution in [-0.2, 0) is 5.41 Å². The molecule has 0 bridgehead atoms. The van der Waals surface area contributed by atoms with Gasteiger partial charge >= 0.3 is 0 Å². The van der Waals surface area contributed by atoms with Crippen LogP contribution >= 0.6 is 0 Å². The minimum absolute atomic E-state index is 0.0433. The van der Waals surface area contributed by atoms with Gasteiger partial charge in [-0.3, -0.25) is 4.79 Å². The number of aryl methyl sites for hydroxylation is 1. The average molecular weight is 442 g/mol. The van der Waals surface area contributed by atoms with Gasteiger partial charge in [0.05, 0.1) is 17.4 Å². The van der Waals surface area contributed by atoms with Crippen LogP contribution in [0.1, 0.15) is 21.5 Å². The molecule has 1 N–H and O–H groups in total. The first-order valence-corrected chi connectivity index (χ1v) is 11.2. The minimum atomic E-state index is -0.279. The maximum atomic E-state index is 13.4. The van der Waals surface area contributed by atoms with Gasteiger partial charge in [-0.25, -0.2) is 9.07 Å². The summed E-state index contributed by atoms with van der Waals surface area (Å²) in [5, 5.41) is 15.6. The van der Waals surface area contributed by atoms with E-state index in [1.54, 1.807) is 12.1 Å². The number of amides is 1. The Morgan fingerprint density at radius 3 is 2.64 bits per heavy atom. The SMILES string of the molecule is Cc1cc2c(cnn2-c2ccc(F)cc2)cc1[C@]12CN(C(=O)c3ccccc3)CC1[C@@H]2CO. The van der Waals surface area contributed by atoms with Crippen LogP contribution in [0.5, 0.6) is 0 Å². The maximum absolute atomic E-state index is 13.4. The van der Waals surface area contributed by atoms with Crippen LogP contribution in [0.25, 0.3) is 16.6 Å². The van der Waals surface area contributed by atoms with Gasteiger partial charge in [-0.15, -0.1) is 0 Å². The van der Waals surface area contributed by atoms with Crippen molar-refractivity contribution in [1.29, 1.82) is 0 Å². The van der Waals surface area contributed by atoms with Crippen LogP contribution < -0.4 is 0 Å². The lowest BCUT2D eigenvalue weighted by Crippen LogP contribution is -2.35. The van der Waals surface area contributed by atoms with Gasteiger partial charge in [0, 0.05) is 36.1 Å². The molecule has 6 heteroatoms. The number of likely N-dealkylation sites (tertiary alicyclic amines) is 1. The Kier molecular flexibility index (Phi) is 4.42. The molecule has 3 atom stereocenters. The second-order valence-corrected chi connectivity index (χ2v) is 9.25. The van der Waals surface area contributed by atoms with Crippen LogP contribution in [0, 0.1) is 24.6 Å². The first-order chi connectivity index (χ1) is 16.0. The quantitative estimate of drug-likeness (QED) is 0.519. The molecule has 1 unspecified atom stereocenters. The summed E-state index contributed by atoms with van der Waals surface area (Å²) in [6, 6.07) is 19.9. The molecular formula is C27H24FN3O2. The van der Waals surface area contributed by atoms with Crippen molar-refractivity contribution in [3.63, 3.8) is 0 Å². The van der Waals surface area contributed by atoms with Crippen LogP contribution in [-0.4, -0.2) is 45.4 Å². The summed E-state index contributed by atoms with van der Waals surface area (Å²) >= 11 is 0. The van der Waals surface area contributed by atoms with Crippen molar-refractivity contribution in [1.82, 2.24) is 14.7 Å². The largest absolute Gasteiger partial charge is 0.396 e. The van der Waals surface area contributed by atoms with Crippen molar-refractivity contribution < 1.29 is 14.3 Å². The standard InChI is InChI=1S/C27H24FN3O2/c1-17-11-25-19(13-29-31(25)21-9-7-20(28)8-10-21)12-22(17)27-16-30(14-23(27)24(27)15-32)26(33)18-5-3-2-4-6-18/h2-13,23-24,32H,14-16H2,1H3/t23?,24-,27+/m0/s1. The number of fused-ring (bicyclic) bond motifs is 2. The highest BCUT2D eigenvalue weighted by Crippen LogP contribution is 2.64. The van der Waals surface area contributed by atoms with E-state index in [4.69, 9.17) is 0 Å². The number of rotatable bonds is 4. The molecule has 5 nitrogen and oxygen atoms in total. The second-order valence-electron chi connectivity index (χ2n) is 9.25. The number of aliphatic hydroxyl groups is 1. The minimum Gasteiger partial charge on any atom is -0.396 e. The molecule has 1 amide bonds. The molecule has 1 saturated carbocycles. The fourth-order valence-electron chi connectivity index (χ4n) is 5.91. The summed E-state index contributed by atoms with van der Waals surface area (Å²) in [5.74, 6) is 0.166. The Balaban J connectivity index is 1.37. The molecular weight excluding hydrogens is 417 g/mol. The molecule has 1 saturated heterocycles. The zero-order chi connectivity index (χ0) is 22.7. The highest BCUT2D eigenvalue weighted by Gasteiger charge is 2.70. The Bertz CT molecular complexity index is 1370. The van der Waals surface area contributed by atoms with E-state index >= 15 is 0 Å². The number of hydrogen-bond acceptors (Lipinski definition) is 3. The summed E-state index contributed by atoms with van der Waals surface area (Å²) in [6.07, 6.45) is 1.82. The van der Waals surface area contributed by atoms with Crippen molar-refractivity contribution in [3.05, 3.63) is 95.4 Å². The van der Waals surface area contributed by atoms with Crippen LogP contribution in [0.3, 0.4) is 0 Å². The average Bonchev–Trinajstić information content (AvgIpc) is 3.12. The summed E-state index contributed by atoms with van der Waals surface area (Å²) in [5.41, 5.74) is 4.52. The van der Waals surface area contributed by atoms with Gasteiger partial charge in [0.15, 0.2) is 0 Å². The zero-order valence-electron chi connectivity index (χ0n) is 18.3. The van der Waals surface area contributed by atoms with Crippen molar-refractivity contribution in [2.45, 2.75) is 12.3 Å². The fourth-order valence-corrected chi connectivity index (χ4v) is 5.91. The Morgan fingerprint density at radius 1 is 1.15 bits per heavy atom. The van der Waals surface area contributed by atoms with Gasteiger partial charge < -0.3 is 10.0 Å². The van der Waals surface area contributed by atoms with Crippen LogP contribution in [0.2, 0.25) is 0 Å². The molecule has 6 rings (SSSR count). The normalized spacial score (nSPS) is 23.7. The van der Waals surface area contributed by atoms with Crippen molar-refractivity contribution in [2.75, 3.05) is 19.7 Å². The number of aromatic nitrogens is 2. The smallest absolute Gasteiger partial charge is 0.253 e. The highest BCUT2D eigenvalue weighted by atomic mass is 19.1. The lowest BCUT2D eigenvalue weighted by Gasteiger charge is -2.25. The van der Waals surface area contributed by atoms with Crippen molar-refractivity contribution in [3.8, 4) is 5.69 Å². The summed E-state index contributed by atoms with van der Waals surface area (Å²) in [6.45, 7) is 3.46. The predicted octanol–water partition coefficient (Wildman–Crippen LogP) is 4.11. The summed E-state index contributed by atoms with van der Waals surface area (Å²) in [4.78, 5) is 15.0.